The van der Waals surface area contributed by atoms with E-state index in [0.29, 0.717) is 31.8 Å². The van der Waals surface area contributed by atoms with Crippen LogP contribution in [0.1, 0.15) is 31.4 Å². The normalized spacial score (nSPS) is 19.3. The molecular weight excluding hydrogens is 527 g/mol. The first-order valence-electron chi connectivity index (χ1n) is 11.2. The van der Waals surface area contributed by atoms with Crippen LogP contribution in [0.2, 0.25) is 0 Å². The number of benzene rings is 2. The number of amides is 1. The molecule has 0 unspecified atom stereocenters. The van der Waals surface area contributed by atoms with Crippen LogP contribution in [-0.4, -0.2) is 66.2 Å². The van der Waals surface area contributed by atoms with Gasteiger partial charge in [0.2, 0.25) is 0 Å². The minimum Gasteiger partial charge on any atom is -0.483 e. The van der Waals surface area contributed by atoms with Gasteiger partial charge in [-0.2, -0.15) is 8.42 Å². The third-order valence-corrected chi connectivity index (χ3v) is 7.25. The maximum absolute atomic E-state index is 13.2. The molecule has 34 heavy (non-hydrogen) atoms. The second-order valence-electron chi connectivity index (χ2n) is 8.73. The lowest BCUT2D eigenvalue weighted by atomic mass is 10.1. The number of rotatable bonds is 9. The van der Waals surface area contributed by atoms with Gasteiger partial charge in [-0.25, -0.2) is 4.39 Å². The molecule has 3 rings (SSSR count). The van der Waals surface area contributed by atoms with Crippen LogP contribution >= 0.6 is 15.9 Å². The topological polar surface area (TPSA) is 87.2 Å². The molecule has 2 aromatic carbocycles. The molecule has 7 nitrogen and oxygen atoms in total. The third kappa shape index (κ3) is 7.76. The number of carbonyl (C=O) groups is 1. The highest BCUT2D eigenvalue weighted by molar-refractivity contribution is 9.10. The van der Waals surface area contributed by atoms with E-state index in [2.05, 4.69) is 27.8 Å². The smallest absolute Gasteiger partial charge is 0.264 e. The summed E-state index contributed by atoms with van der Waals surface area (Å²) in [6, 6.07) is 12.0. The highest BCUT2D eigenvalue weighted by Crippen LogP contribution is 2.25. The highest BCUT2D eigenvalue weighted by Gasteiger charge is 2.32. The lowest BCUT2D eigenvalue weighted by Crippen LogP contribution is -2.58. The standard InChI is InChI=1S/C24H30BrFN2O5S/c1-17-14-28(18(2)13-27(17)15-19-5-8-22(26)9-6-19)24(29)16-33-23-10-7-21(25)12-20(23)4-3-11-34(30,31)32/h5-10,12,17-18H,3-4,11,13-16H2,1-2H3,(H,30,31,32)/t17-,18+/m0/s1. The fourth-order valence-electron chi connectivity index (χ4n) is 4.14. The van der Waals surface area contributed by atoms with Crippen molar-refractivity contribution in [2.24, 2.45) is 0 Å². The van der Waals surface area contributed by atoms with Gasteiger partial charge in [0.15, 0.2) is 6.61 Å². The van der Waals surface area contributed by atoms with E-state index in [1.54, 1.807) is 24.3 Å². The van der Waals surface area contributed by atoms with Gasteiger partial charge in [0.05, 0.1) is 5.75 Å². The lowest BCUT2D eigenvalue weighted by molar-refractivity contribution is -0.139. The fraction of sp³-hybridized carbons (Fsp3) is 0.458. The molecule has 0 bridgehead atoms. The molecule has 1 aliphatic rings. The van der Waals surface area contributed by atoms with Crippen molar-refractivity contribution in [3.63, 3.8) is 0 Å². The number of piperazine rings is 1. The minimum absolute atomic E-state index is 0.00750. The van der Waals surface area contributed by atoms with Gasteiger partial charge >= 0.3 is 0 Å². The van der Waals surface area contributed by atoms with Gasteiger partial charge in [-0.15, -0.1) is 0 Å². The molecule has 1 N–H and O–H groups in total. The summed E-state index contributed by atoms with van der Waals surface area (Å²) in [5.74, 6) is -0.196. The van der Waals surface area contributed by atoms with Gasteiger partial charge < -0.3 is 9.64 Å². The molecule has 186 valence electrons. The Morgan fingerprint density at radius 1 is 1.15 bits per heavy atom. The van der Waals surface area contributed by atoms with Crippen molar-refractivity contribution in [1.29, 1.82) is 0 Å². The first-order chi connectivity index (χ1) is 16.0. The van der Waals surface area contributed by atoms with Crippen molar-refractivity contribution in [3.05, 3.63) is 63.9 Å². The lowest BCUT2D eigenvalue weighted by Gasteiger charge is -2.44. The molecule has 0 saturated carbocycles. The third-order valence-electron chi connectivity index (χ3n) is 5.96. The van der Waals surface area contributed by atoms with Gasteiger partial charge in [-0.05, 0) is 68.1 Å². The number of carbonyl (C=O) groups excluding carboxylic acids is 1. The largest absolute Gasteiger partial charge is 0.483 e. The summed E-state index contributed by atoms with van der Waals surface area (Å²) in [7, 11) is -4.03. The summed E-state index contributed by atoms with van der Waals surface area (Å²) < 4.78 is 50.8. The molecule has 0 spiro atoms. The molecule has 0 aliphatic carbocycles. The Bertz CT molecular complexity index is 1100. The number of ether oxygens (including phenoxy) is 1. The van der Waals surface area contributed by atoms with Crippen LogP contribution in [-0.2, 0) is 27.9 Å². The molecule has 1 saturated heterocycles. The number of aryl methyl sites for hydroxylation is 1. The summed E-state index contributed by atoms with van der Waals surface area (Å²) in [6.07, 6.45) is 0.627. The average Bonchev–Trinajstić information content (AvgIpc) is 2.76. The zero-order chi connectivity index (χ0) is 24.9. The van der Waals surface area contributed by atoms with E-state index >= 15 is 0 Å². The monoisotopic (exact) mass is 556 g/mol. The van der Waals surface area contributed by atoms with Crippen LogP contribution in [0.25, 0.3) is 0 Å². The molecule has 0 radical (unpaired) electrons. The molecule has 1 heterocycles. The maximum Gasteiger partial charge on any atom is 0.264 e. The van der Waals surface area contributed by atoms with Gasteiger partial charge in [-0.3, -0.25) is 14.2 Å². The van der Waals surface area contributed by atoms with Gasteiger partial charge in [-0.1, -0.05) is 28.1 Å². The van der Waals surface area contributed by atoms with Crippen molar-refractivity contribution in [2.45, 2.75) is 45.3 Å². The average molecular weight is 557 g/mol. The van der Waals surface area contributed by atoms with Gasteiger partial charge in [0.1, 0.15) is 11.6 Å². The summed E-state index contributed by atoms with van der Waals surface area (Å²) in [5, 5.41) is 0. The molecule has 2 atom stereocenters. The van der Waals surface area contributed by atoms with E-state index in [0.717, 1.165) is 15.6 Å². The van der Waals surface area contributed by atoms with E-state index < -0.39 is 10.1 Å². The van der Waals surface area contributed by atoms with Crippen molar-refractivity contribution < 1.29 is 26.9 Å². The van der Waals surface area contributed by atoms with E-state index in [-0.39, 0.29) is 42.6 Å². The first kappa shape index (κ1) is 26.6. The number of nitrogens with zero attached hydrogens (tertiary/aromatic N) is 2. The van der Waals surface area contributed by atoms with Crippen LogP contribution in [0.5, 0.6) is 5.75 Å². The Morgan fingerprint density at radius 2 is 1.85 bits per heavy atom. The summed E-state index contributed by atoms with van der Waals surface area (Å²) in [5.41, 5.74) is 1.79. The van der Waals surface area contributed by atoms with Crippen LogP contribution in [0.15, 0.2) is 46.9 Å². The minimum atomic E-state index is -4.03. The highest BCUT2D eigenvalue weighted by atomic mass is 79.9. The Labute approximate surface area is 208 Å². The Morgan fingerprint density at radius 3 is 2.53 bits per heavy atom. The predicted molar refractivity (Wildman–Crippen MR) is 132 cm³/mol. The molecule has 1 aliphatic heterocycles. The summed E-state index contributed by atoms with van der Waals surface area (Å²) in [4.78, 5) is 17.1. The maximum atomic E-state index is 13.2. The van der Waals surface area contributed by atoms with E-state index in [1.165, 1.54) is 12.1 Å². The number of halogens is 2. The van der Waals surface area contributed by atoms with Gasteiger partial charge in [0, 0.05) is 36.2 Å². The SMILES string of the molecule is C[C@@H]1CN(Cc2ccc(F)cc2)[C@@H](C)CN1C(=O)COc1ccc(Br)cc1CCCS(=O)(=O)O. The quantitative estimate of drug-likeness (QED) is 0.471. The van der Waals surface area contributed by atoms with Crippen LogP contribution < -0.4 is 4.74 Å². The second-order valence-corrected chi connectivity index (χ2v) is 11.2. The fourth-order valence-corrected chi connectivity index (χ4v) is 5.06. The van der Waals surface area contributed by atoms with E-state index in [9.17, 15) is 17.6 Å². The number of hydrogen-bond donors (Lipinski definition) is 1. The predicted octanol–water partition coefficient (Wildman–Crippen LogP) is 3.91. The van der Waals surface area contributed by atoms with Crippen molar-refractivity contribution >= 4 is 32.0 Å². The molecular formula is C24H30BrFN2O5S. The van der Waals surface area contributed by atoms with Crippen molar-refractivity contribution in [2.75, 3.05) is 25.4 Å². The molecule has 2 aromatic rings. The molecule has 10 heteroatoms. The summed E-state index contributed by atoms with van der Waals surface area (Å²) >= 11 is 3.40. The first-order valence-corrected chi connectivity index (χ1v) is 13.6. The Hall–Kier alpha value is -2.01. The van der Waals surface area contributed by atoms with Crippen molar-refractivity contribution in [3.8, 4) is 5.75 Å². The second kappa shape index (κ2) is 11.6. The zero-order valence-electron chi connectivity index (χ0n) is 19.3. The van der Waals surface area contributed by atoms with Crippen LogP contribution in [0.3, 0.4) is 0 Å². The Kier molecular flexibility index (Phi) is 9.08. The summed E-state index contributed by atoms with van der Waals surface area (Å²) in [6.45, 7) is 5.90. The zero-order valence-corrected chi connectivity index (χ0v) is 21.7. The molecule has 0 aromatic heterocycles. The van der Waals surface area contributed by atoms with Crippen LogP contribution in [0.4, 0.5) is 4.39 Å². The van der Waals surface area contributed by atoms with Gasteiger partial charge in [0.25, 0.3) is 16.0 Å². The molecule has 1 amide bonds. The van der Waals surface area contributed by atoms with E-state index in [1.807, 2.05) is 17.9 Å². The van der Waals surface area contributed by atoms with Crippen molar-refractivity contribution in [1.82, 2.24) is 9.80 Å². The molecule has 1 fully saturated rings. The number of hydrogen-bond acceptors (Lipinski definition) is 5. The van der Waals surface area contributed by atoms with Crippen LogP contribution in [0, 0.1) is 5.82 Å². The van der Waals surface area contributed by atoms with E-state index in [4.69, 9.17) is 9.29 Å². The Balaban J connectivity index is 1.57.